The number of fused-ring (bicyclic) bond motifs is 1. The van der Waals surface area contributed by atoms with Crippen molar-refractivity contribution in [2.24, 2.45) is 5.92 Å². The second-order valence-corrected chi connectivity index (χ2v) is 12.6. The van der Waals surface area contributed by atoms with Gasteiger partial charge in [-0.05, 0) is 73.4 Å². The lowest BCUT2D eigenvalue weighted by atomic mass is 9.64. The average Bonchev–Trinajstić information content (AvgIpc) is 3.50. The van der Waals surface area contributed by atoms with Crippen LogP contribution in [0.25, 0.3) is 5.69 Å². The monoisotopic (exact) mass is 613 g/mol. The number of likely N-dealkylation sites (N-methyl/N-ethyl adjacent to an activating group) is 1. The summed E-state index contributed by atoms with van der Waals surface area (Å²) < 4.78 is 16.3. The second-order valence-electron chi connectivity index (χ2n) is 12.6. The van der Waals surface area contributed by atoms with Gasteiger partial charge < -0.3 is 15.1 Å². The van der Waals surface area contributed by atoms with Gasteiger partial charge >= 0.3 is 0 Å². The molecule has 5 aromatic rings. The SMILES string of the molecule is CCN1C(=CC2C([O-])C(c3c(F)[nH]n(-c4ccccc4)c3=O)C2[O-])C(Cc2ccccc2)(Cc2ccccc2)c2cc(C)ccc21. The van der Waals surface area contributed by atoms with Gasteiger partial charge in [-0.15, -0.1) is 12.2 Å². The first-order valence-electron chi connectivity index (χ1n) is 15.9. The Morgan fingerprint density at radius 3 is 1.98 bits per heavy atom. The Balaban J connectivity index is 1.34. The van der Waals surface area contributed by atoms with Crippen LogP contribution >= 0.6 is 0 Å². The van der Waals surface area contributed by atoms with E-state index in [0.29, 0.717) is 25.1 Å². The molecule has 2 atom stereocenters. The van der Waals surface area contributed by atoms with Gasteiger partial charge in [-0.25, -0.2) is 4.68 Å². The molecule has 6 nitrogen and oxygen atoms in total. The predicted molar refractivity (Wildman–Crippen MR) is 174 cm³/mol. The van der Waals surface area contributed by atoms with Gasteiger partial charge in [0.1, 0.15) is 0 Å². The van der Waals surface area contributed by atoms with E-state index in [2.05, 4.69) is 66.3 Å². The zero-order chi connectivity index (χ0) is 32.0. The molecule has 2 heterocycles. The van der Waals surface area contributed by atoms with Crippen molar-refractivity contribution in [3.8, 4) is 5.69 Å². The van der Waals surface area contributed by atoms with Crippen molar-refractivity contribution < 1.29 is 14.6 Å². The lowest BCUT2D eigenvalue weighted by Gasteiger charge is -2.60. The van der Waals surface area contributed by atoms with E-state index in [1.165, 1.54) is 0 Å². The third kappa shape index (κ3) is 4.91. The highest BCUT2D eigenvalue weighted by molar-refractivity contribution is 5.73. The highest BCUT2D eigenvalue weighted by Gasteiger charge is 2.49. The number of halogens is 1. The van der Waals surface area contributed by atoms with Crippen LogP contribution in [0.4, 0.5) is 10.1 Å². The Hall–Kier alpha value is -4.72. The standard InChI is InChI=1S/C39H36FN3O3/c1-3-42-31-20-19-25(2)21-30(31)39(23-26-13-7-4-8-14-26,24-27-15-9-5-10-16-27)32(42)22-29-35(44)33(36(29)45)34-37(40)41-43(38(34)46)28-17-11-6-12-18-28/h4-22,29,33,35-36,41H,3,23-24H2,1-2H3/q-2. The Morgan fingerprint density at radius 1 is 0.848 bits per heavy atom. The first-order valence-corrected chi connectivity index (χ1v) is 15.9. The highest BCUT2D eigenvalue weighted by atomic mass is 19.1. The quantitative estimate of drug-likeness (QED) is 0.269. The van der Waals surface area contributed by atoms with E-state index in [0.717, 1.165) is 38.3 Å². The van der Waals surface area contributed by atoms with Crippen molar-refractivity contribution in [3.05, 3.63) is 165 Å². The van der Waals surface area contributed by atoms with Gasteiger partial charge in [0, 0.05) is 23.3 Å². The molecule has 1 fully saturated rings. The van der Waals surface area contributed by atoms with Crippen molar-refractivity contribution in [1.82, 2.24) is 9.78 Å². The third-order valence-electron chi connectivity index (χ3n) is 9.80. The number of hydrogen-bond donors (Lipinski definition) is 1. The van der Waals surface area contributed by atoms with Gasteiger partial charge in [0.05, 0.1) is 11.3 Å². The number of aryl methyl sites for hydroxylation is 1. The smallest absolute Gasteiger partial charge is 0.277 e. The summed E-state index contributed by atoms with van der Waals surface area (Å²) in [6, 6.07) is 35.6. The molecule has 2 unspecified atom stereocenters. The van der Waals surface area contributed by atoms with Gasteiger partial charge in [0.25, 0.3) is 5.56 Å². The molecule has 1 aliphatic heterocycles. The summed E-state index contributed by atoms with van der Waals surface area (Å²) in [6.07, 6.45) is 0.273. The van der Waals surface area contributed by atoms with Crippen LogP contribution in [0.1, 0.15) is 40.7 Å². The van der Waals surface area contributed by atoms with Crippen molar-refractivity contribution in [2.75, 3.05) is 11.4 Å². The Morgan fingerprint density at radius 2 is 1.41 bits per heavy atom. The maximum absolute atomic E-state index is 15.3. The first kappa shape index (κ1) is 30.0. The van der Waals surface area contributed by atoms with Crippen LogP contribution in [0.2, 0.25) is 0 Å². The number of para-hydroxylation sites is 1. The normalized spacial score (nSPS) is 22.5. The van der Waals surface area contributed by atoms with Crippen LogP contribution < -0.4 is 20.7 Å². The number of aromatic nitrogens is 2. The number of hydrogen-bond acceptors (Lipinski definition) is 4. The van der Waals surface area contributed by atoms with Crippen LogP contribution in [-0.4, -0.2) is 28.5 Å². The molecule has 4 aromatic carbocycles. The molecule has 46 heavy (non-hydrogen) atoms. The molecular weight excluding hydrogens is 577 g/mol. The highest BCUT2D eigenvalue weighted by Crippen LogP contribution is 2.53. The molecule has 0 bridgehead atoms. The van der Waals surface area contributed by atoms with E-state index < -0.39 is 41.0 Å². The maximum Gasteiger partial charge on any atom is 0.277 e. The summed E-state index contributed by atoms with van der Waals surface area (Å²) in [4.78, 5) is 15.6. The third-order valence-corrected chi connectivity index (χ3v) is 9.80. The van der Waals surface area contributed by atoms with E-state index in [1.807, 2.05) is 42.5 Å². The molecule has 1 aliphatic carbocycles. The van der Waals surface area contributed by atoms with Crippen LogP contribution in [-0.2, 0) is 18.3 Å². The average molecular weight is 614 g/mol. The molecule has 0 spiro atoms. The number of H-pyrrole nitrogens is 1. The van der Waals surface area contributed by atoms with E-state index in [4.69, 9.17) is 0 Å². The molecule has 0 amide bonds. The minimum atomic E-state index is -1.47. The predicted octanol–water partition coefficient (Wildman–Crippen LogP) is 4.93. The van der Waals surface area contributed by atoms with Crippen molar-refractivity contribution >= 4 is 5.69 Å². The van der Waals surface area contributed by atoms with E-state index in [9.17, 15) is 15.0 Å². The fourth-order valence-corrected chi connectivity index (χ4v) is 7.59. The van der Waals surface area contributed by atoms with Crippen LogP contribution in [0.3, 0.4) is 0 Å². The lowest BCUT2D eigenvalue weighted by molar-refractivity contribution is -0.543. The molecule has 0 saturated heterocycles. The topological polar surface area (TPSA) is 87.2 Å². The summed E-state index contributed by atoms with van der Waals surface area (Å²) in [6.45, 7) is 4.80. The van der Waals surface area contributed by atoms with Crippen molar-refractivity contribution in [3.63, 3.8) is 0 Å². The number of nitrogens with one attached hydrogen (secondary N) is 1. The van der Waals surface area contributed by atoms with Gasteiger partial charge in [-0.3, -0.25) is 9.89 Å². The minimum absolute atomic E-state index is 0.351. The number of anilines is 1. The molecule has 234 valence electrons. The number of allylic oxidation sites excluding steroid dienone is 1. The van der Waals surface area contributed by atoms with Gasteiger partial charge in [0.2, 0.25) is 5.95 Å². The molecular formula is C39H36FN3O3-2. The van der Waals surface area contributed by atoms with Crippen LogP contribution in [0.15, 0.2) is 126 Å². The van der Waals surface area contributed by atoms with Gasteiger partial charge in [-0.2, -0.15) is 4.39 Å². The second kappa shape index (κ2) is 11.9. The Kier molecular flexibility index (Phi) is 7.75. The van der Waals surface area contributed by atoms with Crippen LogP contribution in [0.5, 0.6) is 0 Å². The zero-order valence-electron chi connectivity index (χ0n) is 25.9. The summed E-state index contributed by atoms with van der Waals surface area (Å²) in [5.74, 6) is -3.13. The Labute approximate surface area is 268 Å². The molecule has 1 saturated carbocycles. The molecule has 1 N–H and O–H groups in total. The largest absolute Gasteiger partial charge is 0.851 e. The van der Waals surface area contributed by atoms with Crippen LogP contribution in [0, 0.1) is 18.8 Å². The zero-order valence-corrected chi connectivity index (χ0v) is 25.9. The fourth-order valence-electron chi connectivity index (χ4n) is 7.59. The Bertz CT molecular complexity index is 1880. The molecule has 7 rings (SSSR count). The van der Waals surface area contributed by atoms with Gasteiger partial charge in [0.15, 0.2) is 0 Å². The fraction of sp³-hybridized carbons (Fsp3) is 0.256. The van der Waals surface area contributed by atoms with Gasteiger partial charge in [-0.1, -0.05) is 103 Å². The molecule has 7 heteroatoms. The van der Waals surface area contributed by atoms with Crippen molar-refractivity contribution in [1.29, 1.82) is 0 Å². The molecule has 0 radical (unpaired) electrons. The summed E-state index contributed by atoms with van der Waals surface area (Å²) in [5, 5.41) is 30.3. The maximum atomic E-state index is 15.3. The van der Waals surface area contributed by atoms with Crippen molar-refractivity contribution in [2.45, 2.75) is 50.2 Å². The number of benzene rings is 4. The van der Waals surface area contributed by atoms with E-state index in [-0.39, 0.29) is 5.56 Å². The lowest BCUT2D eigenvalue weighted by Crippen LogP contribution is -2.65. The number of nitrogens with zero attached hydrogens (tertiary/aromatic N) is 2. The summed E-state index contributed by atoms with van der Waals surface area (Å²) in [5.41, 5.74) is 5.40. The first-order chi connectivity index (χ1) is 22.3. The minimum Gasteiger partial charge on any atom is -0.851 e. The molecule has 2 aliphatic rings. The number of rotatable bonds is 8. The summed E-state index contributed by atoms with van der Waals surface area (Å²) in [7, 11) is 0. The summed E-state index contributed by atoms with van der Waals surface area (Å²) >= 11 is 0. The van der Waals surface area contributed by atoms with E-state index >= 15 is 4.39 Å². The number of aromatic amines is 1. The van der Waals surface area contributed by atoms with E-state index in [1.54, 1.807) is 30.3 Å². The molecule has 1 aromatic heterocycles.